The number of carbonyl (C=O) groups excluding carboxylic acids is 1. The van der Waals surface area contributed by atoms with Gasteiger partial charge in [-0.15, -0.1) is 0 Å². The number of amides is 1. The van der Waals surface area contributed by atoms with Crippen molar-refractivity contribution in [3.05, 3.63) is 46.8 Å². The van der Waals surface area contributed by atoms with Crippen molar-refractivity contribution in [3.8, 4) is 0 Å². The number of hydrogen-bond acceptors (Lipinski definition) is 5. The molecule has 1 aliphatic rings. The Morgan fingerprint density at radius 2 is 2.16 bits per heavy atom. The molecular formula is C12H11N5O2. The smallest absolute Gasteiger partial charge is 0.274 e. The van der Waals surface area contributed by atoms with E-state index in [1.807, 2.05) is 0 Å². The fourth-order valence-corrected chi connectivity index (χ4v) is 1.97. The van der Waals surface area contributed by atoms with E-state index < -0.39 is 0 Å². The lowest BCUT2D eigenvalue weighted by molar-refractivity contribution is 0.0925. The molecule has 7 nitrogen and oxygen atoms in total. The van der Waals surface area contributed by atoms with Crippen LogP contribution in [-0.4, -0.2) is 27.0 Å². The zero-order valence-corrected chi connectivity index (χ0v) is 9.96. The van der Waals surface area contributed by atoms with E-state index in [1.165, 1.54) is 10.9 Å². The third kappa shape index (κ3) is 2.05. The lowest BCUT2D eigenvalue weighted by Gasteiger charge is -2.19. The topological polar surface area (TPSA) is 88.9 Å². The molecule has 19 heavy (non-hydrogen) atoms. The van der Waals surface area contributed by atoms with Crippen LogP contribution in [0.3, 0.4) is 0 Å². The molecule has 3 rings (SSSR count). The van der Waals surface area contributed by atoms with E-state index >= 15 is 0 Å². The van der Waals surface area contributed by atoms with Gasteiger partial charge < -0.3 is 15.2 Å². The van der Waals surface area contributed by atoms with Crippen LogP contribution in [-0.2, 0) is 6.54 Å². The second-order valence-corrected chi connectivity index (χ2v) is 4.06. The van der Waals surface area contributed by atoms with Crippen molar-refractivity contribution in [2.45, 2.75) is 6.54 Å². The predicted molar refractivity (Wildman–Crippen MR) is 68.3 cm³/mol. The second kappa shape index (κ2) is 4.52. The summed E-state index contributed by atoms with van der Waals surface area (Å²) in [6.45, 7) is 0.932. The SMILES string of the molecule is O=C1NCCn2c1ccc(Nc1ccncn1)c2=O. The Morgan fingerprint density at radius 3 is 2.95 bits per heavy atom. The molecule has 1 amide bonds. The van der Waals surface area contributed by atoms with Gasteiger partial charge in [0.1, 0.15) is 23.5 Å². The molecule has 0 atom stereocenters. The second-order valence-electron chi connectivity index (χ2n) is 4.06. The van der Waals surface area contributed by atoms with Gasteiger partial charge in [-0.2, -0.15) is 0 Å². The molecule has 1 aliphatic heterocycles. The number of pyridine rings is 1. The molecule has 96 valence electrons. The third-order valence-electron chi connectivity index (χ3n) is 2.87. The van der Waals surface area contributed by atoms with E-state index in [4.69, 9.17) is 0 Å². The summed E-state index contributed by atoms with van der Waals surface area (Å²) in [5.74, 6) is 0.310. The van der Waals surface area contributed by atoms with E-state index in [0.717, 1.165) is 0 Å². The summed E-state index contributed by atoms with van der Waals surface area (Å²) in [6.07, 6.45) is 2.98. The normalized spacial score (nSPS) is 13.6. The molecule has 0 fully saturated rings. The van der Waals surface area contributed by atoms with Gasteiger partial charge in [-0.25, -0.2) is 9.97 Å². The van der Waals surface area contributed by atoms with E-state index in [-0.39, 0.29) is 11.5 Å². The van der Waals surface area contributed by atoms with Gasteiger partial charge >= 0.3 is 0 Å². The largest absolute Gasteiger partial charge is 0.349 e. The van der Waals surface area contributed by atoms with Gasteiger partial charge in [0.05, 0.1) is 0 Å². The van der Waals surface area contributed by atoms with Gasteiger partial charge in [0.2, 0.25) is 0 Å². The number of anilines is 2. The molecule has 0 saturated heterocycles. The zero-order valence-electron chi connectivity index (χ0n) is 9.96. The number of fused-ring (bicyclic) bond motifs is 1. The van der Waals surface area contributed by atoms with E-state index in [1.54, 1.807) is 24.4 Å². The van der Waals surface area contributed by atoms with Crippen LogP contribution in [0.15, 0.2) is 35.5 Å². The van der Waals surface area contributed by atoms with Gasteiger partial charge in [0, 0.05) is 19.3 Å². The average Bonchev–Trinajstić information content (AvgIpc) is 2.44. The Morgan fingerprint density at radius 1 is 1.26 bits per heavy atom. The van der Waals surface area contributed by atoms with E-state index in [9.17, 15) is 9.59 Å². The van der Waals surface area contributed by atoms with E-state index in [0.29, 0.717) is 30.3 Å². The van der Waals surface area contributed by atoms with Crippen LogP contribution in [0.1, 0.15) is 10.5 Å². The highest BCUT2D eigenvalue weighted by molar-refractivity contribution is 5.93. The molecule has 2 aromatic heterocycles. The molecule has 0 aromatic carbocycles. The summed E-state index contributed by atoms with van der Waals surface area (Å²) in [7, 11) is 0. The molecule has 0 unspecified atom stereocenters. The van der Waals surface area contributed by atoms with Crippen molar-refractivity contribution in [3.63, 3.8) is 0 Å². The molecular weight excluding hydrogens is 246 g/mol. The maximum atomic E-state index is 12.2. The summed E-state index contributed by atoms with van der Waals surface area (Å²) >= 11 is 0. The first-order valence-corrected chi connectivity index (χ1v) is 5.81. The van der Waals surface area contributed by atoms with Crippen LogP contribution in [0, 0.1) is 0 Å². The molecule has 0 radical (unpaired) electrons. The molecule has 0 aliphatic carbocycles. The van der Waals surface area contributed by atoms with Gasteiger partial charge in [-0.3, -0.25) is 9.59 Å². The first-order chi connectivity index (χ1) is 9.25. The summed E-state index contributed by atoms with van der Waals surface area (Å²) in [4.78, 5) is 31.6. The molecule has 0 spiro atoms. The van der Waals surface area contributed by atoms with E-state index in [2.05, 4.69) is 20.6 Å². The molecule has 0 saturated carbocycles. The summed E-state index contributed by atoms with van der Waals surface area (Å²) < 4.78 is 1.46. The van der Waals surface area contributed by atoms with Gasteiger partial charge in [-0.1, -0.05) is 0 Å². The number of aromatic nitrogens is 3. The van der Waals surface area contributed by atoms with Crippen LogP contribution in [0.25, 0.3) is 0 Å². The molecule has 2 N–H and O–H groups in total. The Labute approximate surface area is 108 Å². The van der Waals surface area contributed by atoms with Crippen molar-refractivity contribution >= 4 is 17.4 Å². The fraction of sp³-hybridized carbons (Fsp3) is 0.167. The van der Waals surface area contributed by atoms with Crippen molar-refractivity contribution in [2.24, 2.45) is 0 Å². The van der Waals surface area contributed by atoms with Crippen molar-refractivity contribution < 1.29 is 4.79 Å². The minimum absolute atomic E-state index is 0.225. The molecule has 2 aromatic rings. The third-order valence-corrected chi connectivity index (χ3v) is 2.87. The van der Waals surface area contributed by atoms with Crippen LogP contribution < -0.4 is 16.2 Å². The highest BCUT2D eigenvalue weighted by atomic mass is 16.2. The molecule has 3 heterocycles. The Balaban J connectivity index is 2.00. The number of hydrogen-bond donors (Lipinski definition) is 2. The monoisotopic (exact) mass is 257 g/mol. The van der Waals surface area contributed by atoms with Crippen LogP contribution >= 0.6 is 0 Å². The Hall–Kier alpha value is -2.70. The summed E-state index contributed by atoms with van der Waals surface area (Å²) in [6, 6.07) is 4.87. The number of carbonyl (C=O) groups is 1. The van der Waals surface area contributed by atoms with Crippen molar-refractivity contribution in [1.82, 2.24) is 19.9 Å². The van der Waals surface area contributed by atoms with Crippen molar-refractivity contribution in [1.29, 1.82) is 0 Å². The zero-order chi connectivity index (χ0) is 13.2. The molecule has 0 bridgehead atoms. The highest BCUT2D eigenvalue weighted by Gasteiger charge is 2.18. The Bertz CT molecular complexity index is 680. The predicted octanol–water partition coefficient (Wildman–Crippen LogP) is 0.125. The highest BCUT2D eigenvalue weighted by Crippen LogP contribution is 2.11. The quantitative estimate of drug-likeness (QED) is 0.798. The molecule has 7 heteroatoms. The number of rotatable bonds is 2. The van der Waals surface area contributed by atoms with Gasteiger partial charge in [-0.05, 0) is 18.2 Å². The Kier molecular flexibility index (Phi) is 2.71. The number of nitrogens with one attached hydrogen (secondary N) is 2. The lowest BCUT2D eigenvalue weighted by atomic mass is 10.2. The first kappa shape index (κ1) is 11.4. The van der Waals surface area contributed by atoms with Crippen LogP contribution in [0.4, 0.5) is 11.5 Å². The van der Waals surface area contributed by atoms with Crippen LogP contribution in [0.5, 0.6) is 0 Å². The van der Waals surface area contributed by atoms with Crippen molar-refractivity contribution in [2.75, 3.05) is 11.9 Å². The average molecular weight is 257 g/mol. The minimum Gasteiger partial charge on any atom is -0.349 e. The number of nitrogens with zero attached hydrogens (tertiary/aromatic N) is 3. The van der Waals surface area contributed by atoms with Crippen LogP contribution in [0.2, 0.25) is 0 Å². The lowest BCUT2D eigenvalue weighted by Crippen LogP contribution is -2.41. The van der Waals surface area contributed by atoms with Gasteiger partial charge in [0.25, 0.3) is 11.5 Å². The maximum absolute atomic E-state index is 12.2. The maximum Gasteiger partial charge on any atom is 0.274 e. The first-order valence-electron chi connectivity index (χ1n) is 5.81. The fourth-order valence-electron chi connectivity index (χ4n) is 1.97. The standard InChI is InChI=1S/C12H11N5O2/c18-11-9-2-1-8(12(19)17(9)6-5-14-11)16-10-3-4-13-7-15-10/h1-4,7H,5-6H2,(H,14,18)(H,13,15,16). The minimum atomic E-state index is -0.231. The summed E-state index contributed by atoms with van der Waals surface area (Å²) in [5, 5.41) is 5.62. The summed E-state index contributed by atoms with van der Waals surface area (Å²) in [5.41, 5.74) is 0.535. The van der Waals surface area contributed by atoms with Gasteiger partial charge in [0.15, 0.2) is 0 Å².